The Bertz CT molecular complexity index is 305. The van der Waals surface area contributed by atoms with E-state index in [0.717, 1.165) is 26.1 Å². The maximum atomic E-state index is 11.0. The van der Waals surface area contributed by atoms with Crippen molar-refractivity contribution in [3.63, 3.8) is 0 Å². The van der Waals surface area contributed by atoms with E-state index in [9.17, 15) is 4.79 Å². The number of aliphatic carboxylic acids is 1. The van der Waals surface area contributed by atoms with Crippen molar-refractivity contribution < 1.29 is 14.6 Å². The average molecular weight is 256 g/mol. The van der Waals surface area contributed by atoms with Gasteiger partial charge in [0.25, 0.3) is 0 Å². The van der Waals surface area contributed by atoms with Crippen LogP contribution in [0.4, 0.5) is 0 Å². The van der Waals surface area contributed by atoms with Crippen molar-refractivity contribution in [1.82, 2.24) is 4.90 Å². The smallest absolute Gasteiger partial charge is 0.323 e. The summed E-state index contributed by atoms with van der Waals surface area (Å²) in [4.78, 5) is 13.4. The molecule has 3 N–H and O–H groups in total. The third kappa shape index (κ3) is 3.02. The minimum Gasteiger partial charge on any atom is -0.480 e. The number of nitrogens with zero attached hydrogens (tertiary/aromatic N) is 1. The highest BCUT2D eigenvalue weighted by atomic mass is 16.5. The van der Waals surface area contributed by atoms with Crippen LogP contribution in [0, 0.1) is 0 Å². The number of morpholine rings is 1. The number of rotatable bonds is 4. The van der Waals surface area contributed by atoms with Gasteiger partial charge in [-0.15, -0.1) is 0 Å². The SMILES string of the molecule is CC(N)(CCN1CCOC2CCCCC21)C(=O)O. The fourth-order valence-corrected chi connectivity index (χ4v) is 2.94. The normalized spacial score (nSPS) is 32.6. The number of fused-ring (bicyclic) bond motifs is 1. The maximum absolute atomic E-state index is 11.0. The van der Waals surface area contributed by atoms with Crippen LogP contribution in [0.2, 0.25) is 0 Å². The van der Waals surface area contributed by atoms with Crippen LogP contribution in [0.25, 0.3) is 0 Å². The van der Waals surface area contributed by atoms with Gasteiger partial charge in [0, 0.05) is 19.1 Å². The van der Waals surface area contributed by atoms with Crippen LogP contribution in [0.1, 0.15) is 39.0 Å². The van der Waals surface area contributed by atoms with E-state index in [2.05, 4.69) is 4.90 Å². The molecule has 5 nitrogen and oxygen atoms in total. The Morgan fingerprint density at radius 3 is 2.94 bits per heavy atom. The van der Waals surface area contributed by atoms with E-state index in [0.29, 0.717) is 18.6 Å². The maximum Gasteiger partial charge on any atom is 0.323 e. The standard InChI is InChI=1S/C13H24N2O3/c1-13(14,12(16)17)6-7-15-8-9-18-11-5-3-2-4-10(11)15/h10-11H,2-9,14H2,1H3,(H,16,17). The van der Waals surface area contributed by atoms with Crippen molar-refractivity contribution in [2.45, 2.75) is 56.7 Å². The number of ether oxygens (including phenoxy) is 1. The summed E-state index contributed by atoms with van der Waals surface area (Å²) in [6.07, 6.45) is 5.64. The first-order chi connectivity index (χ1) is 8.50. The second-order valence-electron chi connectivity index (χ2n) is 5.77. The van der Waals surface area contributed by atoms with Crippen LogP contribution in [0.3, 0.4) is 0 Å². The molecule has 104 valence electrons. The first-order valence-electron chi connectivity index (χ1n) is 6.88. The zero-order chi connectivity index (χ0) is 13.2. The van der Waals surface area contributed by atoms with Crippen molar-refractivity contribution in [3.05, 3.63) is 0 Å². The molecule has 0 bridgehead atoms. The fourth-order valence-electron chi connectivity index (χ4n) is 2.94. The van der Waals surface area contributed by atoms with Gasteiger partial charge in [-0.25, -0.2) is 0 Å². The van der Waals surface area contributed by atoms with Crippen LogP contribution in [-0.4, -0.2) is 53.4 Å². The molecule has 1 heterocycles. The molecule has 0 aromatic heterocycles. The van der Waals surface area contributed by atoms with E-state index < -0.39 is 11.5 Å². The Balaban J connectivity index is 1.90. The van der Waals surface area contributed by atoms with Crippen LogP contribution in [0.15, 0.2) is 0 Å². The molecule has 2 aliphatic rings. The predicted octanol–water partition coefficient (Wildman–Crippen LogP) is 0.822. The Labute approximate surface area is 108 Å². The van der Waals surface area contributed by atoms with E-state index in [1.54, 1.807) is 6.92 Å². The molecule has 2 rings (SSSR count). The third-order valence-corrected chi connectivity index (χ3v) is 4.25. The lowest BCUT2D eigenvalue weighted by atomic mass is 9.89. The van der Waals surface area contributed by atoms with Crippen molar-refractivity contribution in [1.29, 1.82) is 0 Å². The molecule has 0 aromatic rings. The topological polar surface area (TPSA) is 75.8 Å². The van der Waals surface area contributed by atoms with E-state index in [-0.39, 0.29) is 0 Å². The summed E-state index contributed by atoms with van der Waals surface area (Å²) >= 11 is 0. The number of carboxylic acids is 1. The molecule has 1 saturated heterocycles. The molecular weight excluding hydrogens is 232 g/mol. The molecule has 2 fully saturated rings. The van der Waals surface area contributed by atoms with Crippen LogP contribution < -0.4 is 5.73 Å². The third-order valence-electron chi connectivity index (χ3n) is 4.25. The summed E-state index contributed by atoms with van der Waals surface area (Å²) in [6.45, 7) is 4.00. The monoisotopic (exact) mass is 256 g/mol. The highest BCUT2D eigenvalue weighted by Gasteiger charge is 2.36. The number of hydrogen-bond donors (Lipinski definition) is 2. The van der Waals surface area contributed by atoms with E-state index >= 15 is 0 Å². The van der Waals surface area contributed by atoms with Gasteiger partial charge in [-0.3, -0.25) is 9.69 Å². The van der Waals surface area contributed by atoms with Crippen molar-refractivity contribution >= 4 is 5.97 Å². The second-order valence-corrected chi connectivity index (χ2v) is 5.77. The summed E-state index contributed by atoms with van der Waals surface area (Å²) in [6, 6.07) is 0.470. The van der Waals surface area contributed by atoms with Gasteiger partial charge in [-0.05, 0) is 26.2 Å². The van der Waals surface area contributed by atoms with Crippen molar-refractivity contribution in [2.75, 3.05) is 19.7 Å². The number of nitrogens with two attached hydrogens (primary N) is 1. The lowest BCUT2D eigenvalue weighted by Gasteiger charge is -2.44. The highest BCUT2D eigenvalue weighted by Crippen LogP contribution is 2.28. The number of carboxylic acid groups (broad SMARTS) is 1. The minimum atomic E-state index is -1.12. The Kier molecular flexibility index (Phi) is 4.25. The fraction of sp³-hybridized carbons (Fsp3) is 0.923. The molecular formula is C13H24N2O3. The Morgan fingerprint density at radius 1 is 1.50 bits per heavy atom. The van der Waals surface area contributed by atoms with Gasteiger partial charge in [0.05, 0.1) is 12.7 Å². The summed E-state index contributed by atoms with van der Waals surface area (Å²) in [7, 11) is 0. The molecule has 3 atom stereocenters. The van der Waals surface area contributed by atoms with Gasteiger partial charge in [0.15, 0.2) is 0 Å². The predicted molar refractivity (Wildman–Crippen MR) is 68.4 cm³/mol. The minimum absolute atomic E-state index is 0.348. The zero-order valence-corrected chi connectivity index (χ0v) is 11.1. The van der Waals surface area contributed by atoms with E-state index in [1.165, 1.54) is 19.3 Å². The molecule has 1 saturated carbocycles. The van der Waals surface area contributed by atoms with Gasteiger partial charge < -0.3 is 15.6 Å². The molecule has 0 aromatic carbocycles. The van der Waals surface area contributed by atoms with Gasteiger partial charge >= 0.3 is 5.97 Å². The molecule has 3 unspecified atom stereocenters. The van der Waals surface area contributed by atoms with Crippen molar-refractivity contribution in [2.24, 2.45) is 5.73 Å². The highest BCUT2D eigenvalue weighted by molar-refractivity contribution is 5.77. The van der Waals surface area contributed by atoms with Crippen LogP contribution >= 0.6 is 0 Å². The second kappa shape index (κ2) is 5.55. The van der Waals surface area contributed by atoms with Gasteiger partial charge in [-0.1, -0.05) is 12.8 Å². The molecule has 1 aliphatic carbocycles. The largest absolute Gasteiger partial charge is 0.480 e. The van der Waals surface area contributed by atoms with Gasteiger partial charge in [0.2, 0.25) is 0 Å². The lowest BCUT2D eigenvalue weighted by Crippen LogP contribution is -2.55. The quantitative estimate of drug-likeness (QED) is 0.779. The van der Waals surface area contributed by atoms with Gasteiger partial charge in [0.1, 0.15) is 5.54 Å². The van der Waals surface area contributed by atoms with Crippen molar-refractivity contribution in [3.8, 4) is 0 Å². The first kappa shape index (κ1) is 13.8. The number of hydrogen-bond acceptors (Lipinski definition) is 4. The summed E-state index contributed by atoms with van der Waals surface area (Å²) < 4.78 is 5.80. The molecule has 0 spiro atoms. The average Bonchev–Trinajstić information content (AvgIpc) is 2.36. The Hall–Kier alpha value is -0.650. The molecule has 0 amide bonds. The van der Waals surface area contributed by atoms with Crippen LogP contribution in [-0.2, 0) is 9.53 Å². The van der Waals surface area contributed by atoms with E-state index in [4.69, 9.17) is 15.6 Å². The van der Waals surface area contributed by atoms with Gasteiger partial charge in [-0.2, -0.15) is 0 Å². The molecule has 0 radical (unpaired) electrons. The zero-order valence-electron chi connectivity index (χ0n) is 11.1. The molecule has 5 heteroatoms. The molecule has 1 aliphatic heterocycles. The Morgan fingerprint density at radius 2 is 2.22 bits per heavy atom. The summed E-state index contributed by atoms with van der Waals surface area (Å²) in [5.74, 6) is -0.920. The molecule has 18 heavy (non-hydrogen) atoms. The van der Waals surface area contributed by atoms with Crippen LogP contribution in [0.5, 0.6) is 0 Å². The lowest BCUT2D eigenvalue weighted by molar-refractivity contribution is -0.143. The first-order valence-corrected chi connectivity index (χ1v) is 6.88. The van der Waals surface area contributed by atoms with E-state index in [1.807, 2.05) is 0 Å². The number of carbonyl (C=O) groups is 1. The summed E-state index contributed by atoms with van der Waals surface area (Å²) in [5, 5.41) is 9.03. The summed E-state index contributed by atoms with van der Waals surface area (Å²) in [5.41, 5.74) is 4.66.